The topological polar surface area (TPSA) is 41.5 Å². The minimum atomic E-state index is -0.466. The van der Waals surface area contributed by atoms with Gasteiger partial charge in [0.05, 0.1) is 0 Å². The zero-order chi connectivity index (χ0) is 13.0. The third-order valence-electron chi connectivity index (χ3n) is 3.27. The summed E-state index contributed by atoms with van der Waals surface area (Å²) in [5.41, 5.74) is 0.477. The van der Waals surface area contributed by atoms with Crippen LogP contribution in [0, 0.1) is 5.41 Å². The van der Waals surface area contributed by atoms with Gasteiger partial charge in [0.1, 0.15) is 18.5 Å². The summed E-state index contributed by atoms with van der Waals surface area (Å²) in [4.78, 5) is 0. The largest absolute Gasteiger partial charge is 0.491 e. The summed E-state index contributed by atoms with van der Waals surface area (Å²) in [6, 6.07) is 7.64. The Morgan fingerprint density at radius 3 is 2.94 bits per heavy atom. The third-order valence-corrected chi connectivity index (χ3v) is 3.77. The first-order valence-corrected chi connectivity index (χ1v) is 7.14. The average molecular weight is 314 g/mol. The van der Waals surface area contributed by atoms with Crippen LogP contribution in [0.2, 0.25) is 0 Å². The van der Waals surface area contributed by atoms with Crippen molar-refractivity contribution >= 4 is 15.9 Å². The average Bonchev–Trinajstić information content (AvgIpc) is 3.05. The Kier molecular flexibility index (Phi) is 4.65. The van der Waals surface area contributed by atoms with Gasteiger partial charge in [-0.15, -0.1) is 0 Å². The van der Waals surface area contributed by atoms with Gasteiger partial charge in [-0.1, -0.05) is 28.9 Å². The summed E-state index contributed by atoms with van der Waals surface area (Å²) in [7, 11) is 0. The number of aliphatic hydroxyl groups excluding tert-OH is 1. The molecule has 0 saturated heterocycles. The van der Waals surface area contributed by atoms with Crippen LogP contribution >= 0.6 is 15.9 Å². The van der Waals surface area contributed by atoms with E-state index in [2.05, 4.69) is 28.2 Å². The quantitative estimate of drug-likeness (QED) is 0.813. The first-order valence-electron chi connectivity index (χ1n) is 6.35. The predicted molar refractivity (Wildman–Crippen MR) is 75.9 cm³/mol. The van der Waals surface area contributed by atoms with Gasteiger partial charge in [-0.25, -0.2) is 0 Å². The fraction of sp³-hybridized carbons (Fsp3) is 0.571. The highest BCUT2D eigenvalue weighted by Gasteiger charge is 2.36. The van der Waals surface area contributed by atoms with Crippen LogP contribution in [0.25, 0.3) is 0 Å². The summed E-state index contributed by atoms with van der Waals surface area (Å²) >= 11 is 3.39. The van der Waals surface area contributed by atoms with Crippen molar-refractivity contribution in [3.05, 3.63) is 28.7 Å². The van der Waals surface area contributed by atoms with Crippen LogP contribution in [0.1, 0.15) is 19.8 Å². The Morgan fingerprint density at radius 2 is 2.28 bits per heavy atom. The Balaban J connectivity index is 1.63. The van der Waals surface area contributed by atoms with E-state index >= 15 is 0 Å². The maximum absolute atomic E-state index is 9.80. The molecule has 1 saturated carbocycles. The van der Waals surface area contributed by atoms with Crippen molar-refractivity contribution in [2.75, 3.05) is 19.7 Å². The van der Waals surface area contributed by atoms with Gasteiger partial charge >= 0.3 is 0 Å². The number of hydrogen-bond donors (Lipinski definition) is 2. The highest BCUT2D eigenvalue weighted by molar-refractivity contribution is 9.10. The summed E-state index contributed by atoms with van der Waals surface area (Å²) in [6.45, 7) is 4.16. The van der Waals surface area contributed by atoms with Crippen LogP contribution in [0.3, 0.4) is 0 Å². The number of aliphatic hydroxyl groups is 1. The van der Waals surface area contributed by atoms with Crippen LogP contribution in [0.4, 0.5) is 0 Å². The van der Waals surface area contributed by atoms with E-state index in [0.29, 0.717) is 18.6 Å². The van der Waals surface area contributed by atoms with Crippen molar-refractivity contribution in [1.82, 2.24) is 5.32 Å². The standard InChI is InChI=1S/C14H20BrNO2/c1-14(5-6-14)10-16-8-12(17)9-18-13-4-2-3-11(15)7-13/h2-4,7,12,16-17H,5-6,8-10H2,1H3. The molecule has 1 fully saturated rings. The van der Waals surface area contributed by atoms with E-state index in [1.54, 1.807) is 0 Å². The van der Waals surface area contributed by atoms with Crippen LogP contribution in [-0.2, 0) is 0 Å². The van der Waals surface area contributed by atoms with E-state index in [1.807, 2.05) is 24.3 Å². The number of benzene rings is 1. The first kappa shape index (κ1) is 13.8. The molecule has 0 radical (unpaired) electrons. The van der Waals surface area contributed by atoms with Crippen molar-refractivity contribution in [3.8, 4) is 5.75 Å². The van der Waals surface area contributed by atoms with Gasteiger partial charge in [0.25, 0.3) is 0 Å². The lowest BCUT2D eigenvalue weighted by Gasteiger charge is -2.15. The fourth-order valence-electron chi connectivity index (χ4n) is 1.74. The fourth-order valence-corrected chi connectivity index (χ4v) is 2.12. The van der Waals surface area contributed by atoms with E-state index in [-0.39, 0.29) is 0 Å². The number of rotatable bonds is 7. The molecule has 1 atom stereocenters. The highest BCUT2D eigenvalue weighted by Crippen LogP contribution is 2.43. The smallest absolute Gasteiger partial charge is 0.120 e. The Bertz CT molecular complexity index is 393. The maximum Gasteiger partial charge on any atom is 0.120 e. The first-order chi connectivity index (χ1) is 8.57. The Labute approximate surface area is 117 Å². The molecule has 1 aliphatic carbocycles. The third kappa shape index (κ3) is 4.59. The number of hydrogen-bond acceptors (Lipinski definition) is 3. The molecule has 1 unspecified atom stereocenters. The van der Waals surface area contributed by atoms with Crippen molar-refractivity contribution in [3.63, 3.8) is 0 Å². The van der Waals surface area contributed by atoms with Crippen LogP contribution < -0.4 is 10.1 Å². The van der Waals surface area contributed by atoms with E-state index in [4.69, 9.17) is 4.74 Å². The van der Waals surface area contributed by atoms with Gasteiger partial charge in [-0.2, -0.15) is 0 Å². The Morgan fingerprint density at radius 1 is 1.50 bits per heavy atom. The highest BCUT2D eigenvalue weighted by atomic mass is 79.9. The molecule has 3 nitrogen and oxygen atoms in total. The van der Waals surface area contributed by atoms with Crippen LogP contribution in [0.5, 0.6) is 5.75 Å². The molecule has 0 aromatic heterocycles. The molecule has 2 N–H and O–H groups in total. The van der Waals surface area contributed by atoms with Gasteiger partial charge in [-0.3, -0.25) is 0 Å². The van der Waals surface area contributed by atoms with Gasteiger partial charge in [0.2, 0.25) is 0 Å². The molecule has 0 bridgehead atoms. The minimum Gasteiger partial charge on any atom is -0.491 e. The predicted octanol–water partition coefficient (Wildman–Crippen LogP) is 2.58. The lowest BCUT2D eigenvalue weighted by molar-refractivity contribution is 0.105. The lowest BCUT2D eigenvalue weighted by Crippen LogP contribution is -2.34. The summed E-state index contributed by atoms with van der Waals surface area (Å²) in [5.74, 6) is 0.776. The molecule has 1 aromatic carbocycles. The molecule has 0 spiro atoms. The van der Waals surface area contributed by atoms with E-state index in [1.165, 1.54) is 12.8 Å². The van der Waals surface area contributed by atoms with Gasteiger partial charge in [-0.05, 0) is 36.5 Å². The molecule has 0 aliphatic heterocycles. The van der Waals surface area contributed by atoms with Crippen molar-refractivity contribution in [2.45, 2.75) is 25.9 Å². The number of halogens is 1. The molecule has 100 valence electrons. The zero-order valence-corrected chi connectivity index (χ0v) is 12.2. The maximum atomic E-state index is 9.80. The second kappa shape index (κ2) is 6.04. The van der Waals surface area contributed by atoms with Crippen molar-refractivity contribution in [1.29, 1.82) is 0 Å². The minimum absolute atomic E-state index is 0.320. The molecular formula is C14H20BrNO2. The summed E-state index contributed by atoms with van der Waals surface area (Å²) < 4.78 is 6.51. The number of nitrogens with one attached hydrogen (secondary N) is 1. The molecule has 18 heavy (non-hydrogen) atoms. The van der Waals surface area contributed by atoms with Gasteiger partial charge in [0.15, 0.2) is 0 Å². The molecular weight excluding hydrogens is 294 g/mol. The molecule has 4 heteroatoms. The van der Waals surface area contributed by atoms with Crippen LogP contribution in [-0.4, -0.2) is 30.9 Å². The molecule has 1 aliphatic rings. The monoisotopic (exact) mass is 313 g/mol. The SMILES string of the molecule is CC1(CNCC(O)COc2cccc(Br)c2)CC1. The summed E-state index contributed by atoms with van der Waals surface area (Å²) in [5, 5.41) is 13.1. The second-order valence-corrected chi connectivity index (χ2v) is 6.28. The molecule has 1 aromatic rings. The van der Waals surface area contributed by atoms with Crippen LogP contribution in [0.15, 0.2) is 28.7 Å². The molecule has 0 heterocycles. The molecule has 0 amide bonds. The normalized spacial score (nSPS) is 18.4. The number of ether oxygens (including phenoxy) is 1. The lowest BCUT2D eigenvalue weighted by atomic mass is 10.1. The summed E-state index contributed by atoms with van der Waals surface area (Å²) in [6.07, 6.45) is 2.13. The van der Waals surface area contributed by atoms with Gasteiger partial charge < -0.3 is 15.2 Å². The van der Waals surface area contributed by atoms with Gasteiger partial charge in [0, 0.05) is 17.6 Å². The molecule has 2 rings (SSSR count). The zero-order valence-electron chi connectivity index (χ0n) is 10.7. The second-order valence-electron chi connectivity index (χ2n) is 5.36. The Hall–Kier alpha value is -0.580. The van der Waals surface area contributed by atoms with E-state index in [9.17, 15) is 5.11 Å². The van der Waals surface area contributed by atoms with E-state index < -0.39 is 6.10 Å². The van der Waals surface area contributed by atoms with Crippen molar-refractivity contribution in [2.24, 2.45) is 5.41 Å². The van der Waals surface area contributed by atoms with E-state index in [0.717, 1.165) is 16.8 Å². The van der Waals surface area contributed by atoms with Crippen molar-refractivity contribution < 1.29 is 9.84 Å².